The summed E-state index contributed by atoms with van der Waals surface area (Å²) in [5.74, 6) is -0.137. The molecule has 1 aliphatic carbocycles. The standard InChI is InChI=1S/C10H19NO5S/c1-11(10(12)15-2)8-3-5-9(6-4-8)16-7-17(13)14/h8-9H,3-7H2,1-2H3,(H,13,14)/t8-,9+. The van der Waals surface area contributed by atoms with Crippen LogP contribution < -0.4 is 0 Å². The Balaban J connectivity index is 2.30. The molecule has 0 aromatic carbocycles. The number of carbonyl (C=O) groups is 1. The maximum Gasteiger partial charge on any atom is 0.409 e. The van der Waals surface area contributed by atoms with E-state index in [1.165, 1.54) is 7.11 Å². The molecule has 0 saturated heterocycles. The van der Waals surface area contributed by atoms with E-state index in [0.717, 1.165) is 25.7 Å². The highest BCUT2D eigenvalue weighted by Crippen LogP contribution is 2.24. The topological polar surface area (TPSA) is 76.1 Å². The fraction of sp³-hybridized carbons (Fsp3) is 0.900. The molecule has 6 nitrogen and oxygen atoms in total. The molecule has 0 aromatic heterocycles. The maximum absolute atomic E-state index is 11.3. The van der Waals surface area contributed by atoms with E-state index in [9.17, 15) is 9.00 Å². The van der Waals surface area contributed by atoms with Gasteiger partial charge in [0.2, 0.25) is 0 Å². The lowest BCUT2D eigenvalue weighted by atomic mass is 9.92. The summed E-state index contributed by atoms with van der Waals surface area (Å²) >= 11 is -1.90. The van der Waals surface area contributed by atoms with Crippen LogP contribution in [0.25, 0.3) is 0 Å². The van der Waals surface area contributed by atoms with Gasteiger partial charge in [-0.3, -0.25) is 0 Å². The van der Waals surface area contributed by atoms with Gasteiger partial charge in [0.15, 0.2) is 11.1 Å². The van der Waals surface area contributed by atoms with Gasteiger partial charge in [0.25, 0.3) is 0 Å². The third-order valence-electron chi connectivity index (χ3n) is 3.06. The van der Waals surface area contributed by atoms with E-state index >= 15 is 0 Å². The van der Waals surface area contributed by atoms with E-state index in [4.69, 9.17) is 9.29 Å². The van der Waals surface area contributed by atoms with Crippen molar-refractivity contribution in [1.82, 2.24) is 4.90 Å². The predicted octanol–water partition coefficient (Wildman–Crippen LogP) is 1.19. The number of carbonyl (C=O) groups excluding carboxylic acids is 1. The molecule has 1 aliphatic rings. The molecular weight excluding hydrogens is 246 g/mol. The van der Waals surface area contributed by atoms with Crippen molar-refractivity contribution in [2.45, 2.75) is 37.8 Å². The summed E-state index contributed by atoms with van der Waals surface area (Å²) in [5.41, 5.74) is 0. The SMILES string of the molecule is COC(=O)N(C)[C@H]1CC[C@@H](OCS(=O)O)CC1. The van der Waals surface area contributed by atoms with Crippen LogP contribution in [0.2, 0.25) is 0 Å². The van der Waals surface area contributed by atoms with Crippen molar-refractivity contribution in [1.29, 1.82) is 0 Å². The van der Waals surface area contributed by atoms with Gasteiger partial charge in [-0.2, -0.15) is 0 Å². The molecule has 1 atom stereocenters. The molecule has 0 aliphatic heterocycles. The van der Waals surface area contributed by atoms with E-state index in [2.05, 4.69) is 4.74 Å². The Kier molecular flexibility index (Phi) is 5.87. The molecule has 1 amide bonds. The minimum absolute atomic E-state index is 0.0217. The molecule has 0 heterocycles. The molecule has 1 saturated carbocycles. The van der Waals surface area contributed by atoms with E-state index in [-0.39, 0.29) is 24.2 Å². The monoisotopic (exact) mass is 265 g/mol. The first-order chi connectivity index (χ1) is 8.04. The van der Waals surface area contributed by atoms with Crippen molar-refractivity contribution in [2.75, 3.05) is 20.1 Å². The molecule has 0 bridgehead atoms. The van der Waals surface area contributed by atoms with Crippen LogP contribution in [0.4, 0.5) is 4.79 Å². The molecule has 100 valence electrons. The third-order valence-corrected chi connectivity index (χ3v) is 3.40. The minimum atomic E-state index is -1.90. The molecule has 1 rings (SSSR count). The molecule has 0 aromatic rings. The van der Waals surface area contributed by atoms with Crippen LogP contribution in [0.5, 0.6) is 0 Å². The highest BCUT2D eigenvalue weighted by atomic mass is 32.2. The summed E-state index contributed by atoms with van der Waals surface area (Å²) in [7, 11) is 3.09. The van der Waals surface area contributed by atoms with Gasteiger partial charge in [0, 0.05) is 13.1 Å². The van der Waals surface area contributed by atoms with Crippen molar-refractivity contribution in [2.24, 2.45) is 0 Å². The molecular formula is C10H19NO5S. The van der Waals surface area contributed by atoms with Crippen molar-refractivity contribution in [3.05, 3.63) is 0 Å². The smallest absolute Gasteiger partial charge is 0.409 e. The largest absolute Gasteiger partial charge is 0.453 e. The average molecular weight is 265 g/mol. The molecule has 1 N–H and O–H groups in total. The number of ether oxygens (including phenoxy) is 2. The van der Waals surface area contributed by atoms with Gasteiger partial charge in [0.1, 0.15) is 5.94 Å². The number of amides is 1. The van der Waals surface area contributed by atoms with Crippen LogP contribution >= 0.6 is 0 Å². The Morgan fingerprint density at radius 3 is 2.47 bits per heavy atom. The van der Waals surface area contributed by atoms with Gasteiger partial charge >= 0.3 is 6.09 Å². The average Bonchev–Trinajstić information content (AvgIpc) is 2.35. The molecule has 7 heteroatoms. The molecule has 17 heavy (non-hydrogen) atoms. The van der Waals surface area contributed by atoms with Gasteiger partial charge in [-0.1, -0.05) is 0 Å². The van der Waals surface area contributed by atoms with Crippen LogP contribution in [-0.2, 0) is 20.6 Å². The zero-order chi connectivity index (χ0) is 12.8. The summed E-state index contributed by atoms with van der Waals surface area (Å²) in [6, 6.07) is 0.168. The second kappa shape index (κ2) is 6.93. The third kappa shape index (κ3) is 4.61. The number of hydrogen-bond donors (Lipinski definition) is 1. The zero-order valence-corrected chi connectivity index (χ0v) is 10.9. The number of hydrogen-bond acceptors (Lipinski definition) is 4. The second-order valence-corrected chi connectivity index (χ2v) is 5.00. The van der Waals surface area contributed by atoms with Crippen LogP contribution in [0.15, 0.2) is 0 Å². The molecule has 0 spiro atoms. The van der Waals surface area contributed by atoms with E-state index in [1.54, 1.807) is 11.9 Å². The van der Waals surface area contributed by atoms with E-state index in [0.29, 0.717) is 0 Å². The molecule has 1 fully saturated rings. The highest BCUT2D eigenvalue weighted by molar-refractivity contribution is 7.79. The first-order valence-corrected chi connectivity index (χ1v) is 6.82. The second-order valence-electron chi connectivity index (χ2n) is 4.12. The number of nitrogens with zero attached hydrogens (tertiary/aromatic N) is 1. The molecule has 1 unspecified atom stereocenters. The zero-order valence-electron chi connectivity index (χ0n) is 10.1. The maximum atomic E-state index is 11.3. The van der Waals surface area contributed by atoms with Crippen LogP contribution in [0.1, 0.15) is 25.7 Å². The Morgan fingerprint density at radius 1 is 1.41 bits per heavy atom. The van der Waals surface area contributed by atoms with Crippen LogP contribution in [-0.4, -0.2) is 52.0 Å². The van der Waals surface area contributed by atoms with Gasteiger partial charge in [-0.15, -0.1) is 0 Å². The Labute approximate surface area is 104 Å². The van der Waals surface area contributed by atoms with Gasteiger partial charge in [-0.25, -0.2) is 9.00 Å². The van der Waals surface area contributed by atoms with Crippen LogP contribution in [0, 0.1) is 0 Å². The minimum Gasteiger partial charge on any atom is -0.453 e. The fourth-order valence-corrected chi connectivity index (χ4v) is 2.36. The van der Waals surface area contributed by atoms with E-state index in [1.807, 2.05) is 0 Å². The molecule has 0 radical (unpaired) electrons. The first-order valence-electron chi connectivity index (χ1n) is 5.54. The van der Waals surface area contributed by atoms with Crippen molar-refractivity contribution < 1.29 is 23.0 Å². The lowest BCUT2D eigenvalue weighted by Gasteiger charge is -2.33. The van der Waals surface area contributed by atoms with E-state index < -0.39 is 11.1 Å². The van der Waals surface area contributed by atoms with Gasteiger partial charge in [-0.05, 0) is 25.7 Å². The van der Waals surface area contributed by atoms with Gasteiger partial charge in [0.05, 0.1) is 13.2 Å². The summed E-state index contributed by atoms with van der Waals surface area (Å²) in [4.78, 5) is 12.9. The highest BCUT2D eigenvalue weighted by Gasteiger charge is 2.27. The quantitative estimate of drug-likeness (QED) is 0.773. The predicted molar refractivity (Wildman–Crippen MR) is 62.9 cm³/mol. The first kappa shape index (κ1) is 14.4. The summed E-state index contributed by atoms with van der Waals surface area (Å²) < 4.78 is 29.0. The van der Waals surface area contributed by atoms with Crippen molar-refractivity contribution in [3.8, 4) is 0 Å². The van der Waals surface area contributed by atoms with Crippen molar-refractivity contribution >= 4 is 17.2 Å². The Morgan fingerprint density at radius 2 is 2.00 bits per heavy atom. The lowest BCUT2D eigenvalue weighted by Crippen LogP contribution is -2.40. The normalized spacial score (nSPS) is 26.3. The summed E-state index contributed by atoms with van der Waals surface area (Å²) in [6.45, 7) is 0. The number of methoxy groups -OCH3 is 1. The van der Waals surface area contributed by atoms with Crippen molar-refractivity contribution in [3.63, 3.8) is 0 Å². The van der Waals surface area contributed by atoms with Gasteiger partial charge < -0.3 is 18.9 Å². The summed E-state index contributed by atoms with van der Waals surface area (Å²) in [5, 5.41) is 0. The van der Waals surface area contributed by atoms with Crippen LogP contribution in [0.3, 0.4) is 0 Å². The lowest BCUT2D eigenvalue weighted by molar-refractivity contribution is 0.0317. The fourth-order valence-electron chi connectivity index (χ4n) is 2.05. The Hall–Kier alpha value is -0.660. The summed E-state index contributed by atoms with van der Waals surface area (Å²) in [6.07, 6.45) is 2.94. The number of rotatable bonds is 4. The Bertz CT molecular complexity index is 278.